The molecule has 1 aliphatic rings. The normalized spacial score (nSPS) is 15.3. The lowest BCUT2D eigenvalue weighted by Gasteiger charge is -2.22. The fourth-order valence-electron chi connectivity index (χ4n) is 3.06. The Labute approximate surface area is 134 Å². The fraction of sp³-hybridized carbons (Fsp3) is 0.632. The van der Waals surface area contributed by atoms with Gasteiger partial charge in [-0.25, -0.2) is 0 Å². The SMILES string of the molecule is CCC(CC)NC(=O)[C@@H](CC)Oc1ccc2c(c1)CCCC2. The molecule has 1 amide bonds. The Hall–Kier alpha value is -1.51. The molecule has 1 aliphatic carbocycles. The van der Waals surface area contributed by atoms with Crippen LogP contribution in [0.4, 0.5) is 0 Å². The van der Waals surface area contributed by atoms with Gasteiger partial charge in [-0.3, -0.25) is 4.79 Å². The lowest BCUT2D eigenvalue weighted by molar-refractivity contribution is -0.128. The van der Waals surface area contributed by atoms with Crippen molar-refractivity contribution in [1.29, 1.82) is 0 Å². The van der Waals surface area contributed by atoms with E-state index >= 15 is 0 Å². The maximum absolute atomic E-state index is 12.4. The molecule has 22 heavy (non-hydrogen) atoms. The molecule has 0 aliphatic heterocycles. The van der Waals surface area contributed by atoms with Crippen molar-refractivity contribution in [2.45, 2.75) is 77.9 Å². The maximum atomic E-state index is 12.4. The summed E-state index contributed by atoms with van der Waals surface area (Å²) in [4.78, 5) is 12.4. The minimum atomic E-state index is -0.401. The molecule has 122 valence electrons. The molecule has 0 heterocycles. The standard InChI is InChI=1S/C19H29NO2/c1-4-16(5-2)20-19(21)18(6-3)22-17-12-11-14-9-7-8-10-15(14)13-17/h11-13,16,18H,4-10H2,1-3H3,(H,20,21)/t18-/m1/s1. The molecule has 3 nitrogen and oxygen atoms in total. The second-order valence-electron chi connectivity index (χ2n) is 6.17. The molecule has 1 atom stereocenters. The van der Waals surface area contributed by atoms with Gasteiger partial charge in [0.15, 0.2) is 6.10 Å². The van der Waals surface area contributed by atoms with Crippen LogP contribution in [0.2, 0.25) is 0 Å². The van der Waals surface area contributed by atoms with Crippen LogP contribution in [0.5, 0.6) is 5.75 Å². The molecule has 0 saturated heterocycles. The van der Waals surface area contributed by atoms with Crippen molar-refractivity contribution in [2.24, 2.45) is 0 Å². The summed E-state index contributed by atoms with van der Waals surface area (Å²) in [5.74, 6) is 0.834. The van der Waals surface area contributed by atoms with Crippen LogP contribution in [0, 0.1) is 0 Å². The van der Waals surface area contributed by atoms with Crippen LogP contribution < -0.4 is 10.1 Å². The van der Waals surface area contributed by atoms with Crippen LogP contribution in [0.1, 0.15) is 64.0 Å². The van der Waals surface area contributed by atoms with Gasteiger partial charge in [-0.15, -0.1) is 0 Å². The van der Waals surface area contributed by atoms with Crippen molar-refractivity contribution in [2.75, 3.05) is 0 Å². The maximum Gasteiger partial charge on any atom is 0.261 e. The molecule has 0 unspecified atom stereocenters. The van der Waals surface area contributed by atoms with E-state index in [1.165, 1.54) is 30.4 Å². The quantitative estimate of drug-likeness (QED) is 0.826. The first-order valence-corrected chi connectivity index (χ1v) is 8.76. The summed E-state index contributed by atoms with van der Waals surface area (Å²) in [6.07, 6.45) is 7.02. The molecule has 0 fully saturated rings. The van der Waals surface area contributed by atoms with Crippen LogP contribution in [0.3, 0.4) is 0 Å². The molecule has 1 N–H and O–H groups in total. The summed E-state index contributed by atoms with van der Waals surface area (Å²) in [6.45, 7) is 6.19. The molecule has 0 saturated carbocycles. The van der Waals surface area contributed by atoms with E-state index in [0.717, 1.165) is 25.0 Å². The highest BCUT2D eigenvalue weighted by atomic mass is 16.5. The molecule has 1 aromatic rings. The predicted molar refractivity (Wildman–Crippen MR) is 90.3 cm³/mol. The van der Waals surface area contributed by atoms with Gasteiger partial charge in [-0.1, -0.05) is 26.8 Å². The second-order valence-corrected chi connectivity index (χ2v) is 6.17. The molecule has 0 radical (unpaired) electrons. The van der Waals surface area contributed by atoms with E-state index in [0.29, 0.717) is 6.42 Å². The molecule has 0 bridgehead atoms. The number of rotatable bonds is 7. The van der Waals surface area contributed by atoms with Crippen molar-refractivity contribution in [3.05, 3.63) is 29.3 Å². The zero-order valence-corrected chi connectivity index (χ0v) is 14.2. The number of benzene rings is 1. The summed E-state index contributed by atoms with van der Waals surface area (Å²) in [6, 6.07) is 6.54. The van der Waals surface area contributed by atoms with Crippen LogP contribution in [0.25, 0.3) is 0 Å². The van der Waals surface area contributed by atoms with Gasteiger partial charge in [0.05, 0.1) is 0 Å². The van der Waals surface area contributed by atoms with Gasteiger partial charge in [-0.05, 0) is 68.2 Å². The third kappa shape index (κ3) is 4.25. The predicted octanol–water partition coefficient (Wildman–Crippen LogP) is 4.03. The number of aryl methyl sites for hydroxylation is 2. The smallest absolute Gasteiger partial charge is 0.261 e. The summed E-state index contributed by atoms with van der Waals surface area (Å²) in [7, 11) is 0. The first-order valence-electron chi connectivity index (χ1n) is 8.76. The number of amides is 1. The molecule has 2 rings (SSSR count). The van der Waals surface area contributed by atoms with Gasteiger partial charge in [0.1, 0.15) is 5.75 Å². The Kier molecular flexibility index (Phi) is 6.29. The van der Waals surface area contributed by atoms with Gasteiger partial charge in [0.25, 0.3) is 5.91 Å². The van der Waals surface area contributed by atoms with Gasteiger partial charge < -0.3 is 10.1 Å². The van der Waals surface area contributed by atoms with E-state index < -0.39 is 6.10 Å². The lowest BCUT2D eigenvalue weighted by atomic mass is 9.92. The highest BCUT2D eigenvalue weighted by Gasteiger charge is 2.21. The molecule has 3 heteroatoms. The largest absolute Gasteiger partial charge is 0.481 e. The molecule has 0 aromatic heterocycles. The first kappa shape index (κ1) is 16.9. The minimum Gasteiger partial charge on any atom is -0.481 e. The van der Waals surface area contributed by atoms with Crippen LogP contribution >= 0.6 is 0 Å². The highest BCUT2D eigenvalue weighted by Crippen LogP contribution is 2.26. The van der Waals surface area contributed by atoms with E-state index in [1.807, 2.05) is 13.0 Å². The Morgan fingerprint density at radius 3 is 2.41 bits per heavy atom. The number of hydrogen-bond acceptors (Lipinski definition) is 2. The Bertz CT molecular complexity index is 494. The number of carbonyl (C=O) groups is 1. The first-order chi connectivity index (χ1) is 10.7. The molecular weight excluding hydrogens is 274 g/mol. The summed E-state index contributed by atoms with van der Waals surface area (Å²) in [5, 5.41) is 3.09. The lowest BCUT2D eigenvalue weighted by Crippen LogP contribution is -2.43. The Morgan fingerprint density at radius 2 is 1.77 bits per heavy atom. The van der Waals surface area contributed by atoms with Crippen molar-refractivity contribution < 1.29 is 9.53 Å². The number of hydrogen-bond donors (Lipinski definition) is 1. The van der Waals surface area contributed by atoms with Gasteiger partial charge in [0, 0.05) is 6.04 Å². The average Bonchev–Trinajstić information content (AvgIpc) is 2.57. The summed E-state index contributed by atoms with van der Waals surface area (Å²) >= 11 is 0. The summed E-state index contributed by atoms with van der Waals surface area (Å²) in [5.41, 5.74) is 2.83. The van der Waals surface area contributed by atoms with Gasteiger partial charge >= 0.3 is 0 Å². The Balaban J connectivity index is 2.01. The van der Waals surface area contributed by atoms with Crippen LogP contribution in [-0.4, -0.2) is 18.1 Å². The Morgan fingerprint density at radius 1 is 1.09 bits per heavy atom. The number of carbonyl (C=O) groups excluding carboxylic acids is 1. The van der Waals surface area contributed by atoms with Crippen molar-refractivity contribution in [1.82, 2.24) is 5.32 Å². The fourth-order valence-corrected chi connectivity index (χ4v) is 3.06. The molecule has 1 aromatic carbocycles. The number of ether oxygens (including phenoxy) is 1. The minimum absolute atomic E-state index is 0.00826. The van der Waals surface area contributed by atoms with E-state index in [4.69, 9.17) is 4.74 Å². The highest BCUT2D eigenvalue weighted by molar-refractivity contribution is 5.81. The number of nitrogens with one attached hydrogen (secondary N) is 1. The topological polar surface area (TPSA) is 38.3 Å². The van der Waals surface area contributed by atoms with E-state index in [-0.39, 0.29) is 11.9 Å². The van der Waals surface area contributed by atoms with E-state index in [9.17, 15) is 4.79 Å². The van der Waals surface area contributed by atoms with Crippen molar-refractivity contribution in [3.8, 4) is 5.75 Å². The molecular formula is C19H29NO2. The second kappa shape index (κ2) is 8.21. The third-order valence-electron chi connectivity index (χ3n) is 4.59. The van der Waals surface area contributed by atoms with Crippen LogP contribution in [-0.2, 0) is 17.6 Å². The van der Waals surface area contributed by atoms with Crippen LogP contribution in [0.15, 0.2) is 18.2 Å². The monoisotopic (exact) mass is 303 g/mol. The molecule has 0 spiro atoms. The average molecular weight is 303 g/mol. The van der Waals surface area contributed by atoms with Gasteiger partial charge in [0.2, 0.25) is 0 Å². The van der Waals surface area contributed by atoms with Gasteiger partial charge in [-0.2, -0.15) is 0 Å². The number of fused-ring (bicyclic) bond motifs is 1. The van der Waals surface area contributed by atoms with E-state index in [1.54, 1.807) is 0 Å². The van der Waals surface area contributed by atoms with Crippen molar-refractivity contribution in [3.63, 3.8) is 0 Å². The third-order valence-corrected chi connectivity index (χ3v) is 4.59. The van der Waals surface area contributed by atoms with Crippen molar-refractivity contribution >= 4 is 5.91 Å². The van der Waals surface area contributed by atoms with E-state index in [2.05, 4.69) is 31.3 Å². The zero-order chi connectivity index (χ0) is 15.9. The zero-order valence-electron chi connectivity index (χ0n) is 14.2. The summed E-state index contributed by atoms with van der Waals surface area (Å²) < 4.78 is 5.97.